The molecule has 2 rings (SSSR count). The van der Waals surface area contributed by atoms with Crippen LogP contribution in [0.3, 0.4) is 0 Å². The number of carbonyl (C=O) groups is 2. The van der Waals surface area contributed by atoms with Gasteiger partial charge in [0.1, 0.15) is 0 Å². The predicted octanol–water partition coefficient (Wildman–Crippen LogP) is -0.404. The Morgan fingerprint density at radius 2 is 1.94 bits per heavy atom. The van der Waals surface area contributed by atoms with E-state index in [-0.39, 0.29) is 11.9 Å². The van der Waals surface area contributed by atoms with E-state index in [1.807, 2.05) is 5.01 Å². The SMILES string of the molecule is CC(C(=O)O)C1CN(C(=O)NN2CCOCC2)C1. The Hall–Kier alpha value is -1.34. The van der Waals surface area contributed by atoms with Gasteiger partial charge in [0.2, 0.25) is 0 Å². The van der Waals surface area contributed by atoms with E-state index in [4.69, 9.17) is 9.84 Å². The molecular weight excluding hydrogens is 238 g/mol. The van der Waals surface area contributed by atoms with Crippen molar-refractivity contribution in [3.8, 4) is 0 Å². The lowest BCUT2D eigenvalue weighted by molar-refractivity contribution is -0.144. The molecule has 2 aliphatic rings. The molecule has 0 saturated carbocycles. The normalized spacial score (nSPS) is 23.3. The second kappa shape index (κ2) is 5.53. The molecule has 0 bridgehead atoms. The number of likely N-dealkylation sites (tertiary alicyclic amines) is 1. The summed E-state index contributed by atoms with van der Waals surface area (Å²) in [5, 5.41) is 10.7. The highest BCUT2D eigenvalue weighted by molar-refractivity contribution is 5.75. The van der Waals surface area contributed by atoms with Crippen LogP contribution in [0.2, 0.25) is 0 Å². The maximum atomic E-state index is 11.8. The highest BCUT2D eigenvalue weighted by atomic mass is 16.5. The van der Waals surface area contributed by atoms with Crippen molar-refractivity contribution < 1.29 is 19.4 Å². The van der Waals surface area contributed by atoms with E-state index in [1.54, 1.807) is 11.8 Å². The first-order valence-corrected chi connectivity index (χ1v) is 6.19. The van der Waals surface area contributed by atoms with Crippen LogP contribution < -0.4 is 5.43 Å². The molecule has 2 heterocycles. The third-order valence-electron chi connectivity index (χ3n) is 3.56. The van der Waals surface area contributed by atoms with Crippen LogP contribution >= 0.6 is 0 Å². The summed E-state index contributed by atoms with van der Waals surface area (Å²) in [4.78, 5) is 24.2. The van der Waals surface area contributed by atoms with Crippen LogP contribution in [0.25, 0.3) is 0 Å². The highest BCUT2D eigenvalue weighted by Gasteiger charge is 2.37. The molecule has 0 aromatic heterocycles. The fourth-order valence-corrected chi connectivity index (χ4v) is 2.08. The van der Waals surface area contributed by atoms with Gasteiger partial charge in [-0.25, -0.2) is 9.80 Å². The van der Waals surface area contributed by atoms with E-state index in [0.717, 1.165) is 0 Å². The number of carboxylic acids is 1. The van der Waals surface area contributed by atoms with Gasteiger partial charge in [-0.15, -0.1) is 0 Å². The van der Waals surface area contributed by atoms with Gasteiger partial charge in [-0.05, 0) is 0 Å². The topological polar surface area (TPSA) is 82.1 Å². The van der Waals surface area contributed by atoms with Gasteiger partial charge in [0.15, 0.2) is 0 Å². The number of urea groups is 1. The number of nitrogens with one attached hydrogen (secondary N) is 1. The first kappa shape index (κ1) is 13.1. The number of rotatable bonds is 3. The number of morpholine rings is 1. The minimum atomic E-state index is -0.798. The van der Waals surface area contributed by atoms with Gasteiger partial charge < -0.3 is 14.7 Å². The number of ether oxygens (including phenoxy) is 1. The number of carboxylic acid groups (broad SMARTS) is 1. The Labute approximate surface area is 106 Å². The van der Waals surface area contributed by atoms with E-state index in [9.17, 15) is 9.59 Å². The fourth-order valence-electron chi connectivity index (χ4n) is 2.08. The third kappa shape index (κ3) is 2.91. The lowest BCUT2D eigenvalue weighted by Gasteiger charge is -2.42. The van der Waals surface area contributed by atoms with E-state index in [1.165, 1.54) is 0 Å². The Bertz CT molecular complexity index is 324. The van der Waals surface area contributed by atoms with Crippen LogP contribution in [-0.2, 0) is 9.53 Å². The fraction of sp³-hybridized carbons (Fsp3) is 0.818. The minimum Gasteiger partial charge on any atom is -0.481 e. The predicted molar refractivity (Wildman–Crippen MR) is 62.8 cm³/mol. The summed E-state index contributed by atoms with van der Waals surface area (Å²) in [6.07, 6.45) is 0. The summed E-state index contributed by atoms with van der Waals surface area (Å²) in [6, 6.07) is -0.147. The largest absolute Gasteiger partial charge is 0.481 e. The van der Waals surface area contributed by atoms with Gasteiger partial charge in [-0.3, -0.25) is 10.2 Å². The van der Waals surface area contributed by atoms with E-state index >= 15 is 0 Å². The molecule has 2 aliphatic heterocycles. The number of hydrazine groups is 1. The maximum absolute atomic E-state index is 11.8. The van der Waals surface area contributed by atoms with Gasteiger partial charge in [0, 0.05) is 32.1 Å². The van der Waals surface area contributed by atoms with Crippen LogP contribution in [0.1, 0.15) is 6.92 Å². The number of carbonyl (C=O) groups excluding carboxylic acids is 1. The molecule has 0 aliphatic carbocycles. The standard InChI is InChI=1S/C11H19N3O4/c1-8(10(15)16)9-6-13(7-9)11(17)12-14-2-4-18-5-3-14/h8-9H,2-7H2,1H3,(H,12,17)(H,15,16). The molecule has 2 amide bonds. The van der Waals surface area contributed by atoms with Crippen LogP contribution in [0.5, 0.6) is 0 Å². The molecule has 102 valence electrons. The van der Waals surface area contributed by atoms with Crippen LogP contribution in [0.15, 0.2) is 0 Å². The van der Waals surface area contributed by atoms with E-state index < -0.39 is 11.9 Å². The molecule has 1 atom stereocenters. The van der Waals surface area contributed by atoms with Crippen molar-refractivity contribution in [2.24, 2.45) is 11.8 Å². The first-order chi connectivity index (χ1) is 8.58. The molecule has 0 radical (unpaired) electrons. The van der Waals surface area contributed by atoms with Crippen molar-refractivity contribution in [3.05, 3.63) is 0 Å². The summed E-state index contributed by atoms with van der Waals surface area (Å²) in [6.45, 7) is 5.35. The van der Waals surface area contributed by atoms with Crippen molar-refractivity contribution in [2.75, 3.05) is 39.4 Å². The lowest BCUT2D eigenvalue weighted by Crippen LogP contribution is -2.60. The molecule has 2 saturated heterocycles. The summed E-state index contributed by atoms with van der Waals surface area (Å²) in [7, 11) is 0. The molecule has 0 spiro atoms. The Morgan fingerprint density at radius 1 is 1.33 bits per heavy atom. The summed E-state index contributed by atoms with van der Waals surface area (Å²) in [5.74, 6) is -1.12. The van der Waals surface area contributed by atoms with Crippen LogP contribution in [0, 0.1) is 11.8 Å². The summed E-state index contributed by atoms with van der Waals surface area (Å²) < 4.78 is 5.19. The van der Waals surface area contributed by atoms with Crippen molar-refractivity contribution in [3.63, 3.8) is 0 Å². The lowest BCUT2D eigenvalue weighted by atomic mass is 9.87. The molecule has 0 aromatic rings. The van der Waals surface area contributed by atoms with Gasteiger partial charge in [-0.1, -0.05) is 6.92 Å². The first-order valence-electron chi connectivity index (χ1n) is 6.19. The smallest absolute Gasteiger partial charge is 0.331 e. The summed E-state index contributed by atoms with van der Waals surface area (Å²) >= 11 is 0. The van der Waals surface area contributed by atoms with Crippen molar-refractivity contribution >= 4 is 12.0 Å². The number of amides is 2. The monoisotopic (exact) mass is 257 g/mol. The molecule has 2 N–H and O–H groups in total. The third-order valence-corrected chi connectivity index (χ3v) is 3.56. The number of hydrogen-bond acceptors (Lipinski definition) is 4. The average Bonchev–Trinajstić information content (AvgIpc) is 2.28. The zero-order chi connectivity index (χ0) is 13.1. The van der Waals surface area contributed by atoms with Crippen LogP contribution in [-0.4, -0.2) is 66.4 Å². The van der Waals surface area contributed by atoms with Gasteiger partial charge in [-0.2, -0.15) is 0 Å². The van der Waals surface area contributed by atoms with Crippen molar-refractivity contribution in [1.29, 1.82) is 0 Å². The van der Waals surface area contributed by atoms with Gasteiger partial charge >= 0.3 is 12.0 Å². The number of nitrogens with zero attached hydrogens (tertiary/aromatic N) is 2. The molecule has 0 aromatic carbocycles. The molecule has 7 heteroatoms. The zero-order valence-corrected chi connectivity index (χ0v) is 10.5. The molecule has 7 nitrogen and oxygen atoms in total. The quantitative estimate of drug-likeness (QED) is 0.718. The van der Waals surface area contributed by atoms with Gasteiger partial charge in [0.25, 0.3) is 0 Å². The van der Waals surface area contributed by atoms with Crippen molar-refractivity contribution in [2.45, 2.75) is 6.92 Å². The van der Waals surface area contributed by atoms with Gasteiger partial charge in [0.05, 0.1) is 19.1 Å². The van der Waals surface area contributed by atoms with Crippen LogP contribution in [0.4, 0.5) is 4.79 Å². The van der Waals surface area contributed by atoms with Crippen molar-refractivity contribution in [1.82, 2.24) is 15.3 Å². The highest BCUT2D eigenvalue weighted by Crippen LogP contribution is 2.23. The Kier molecular flexibility index (Phi) is 4.03. The zero-order valence-electron chi connectivity index (χ0n) is 10.5. The Morgan fingerprint density at radius 3 is 2.50 bits per heavy atom. The molecule has 1 unspecified atom stereocenters. The average molecular weight is 257 g/mol. The van der Waals surface area contributed by atoms with E-state index in [0.29, 0.717) is 39.4 Å². The second-order valence-electron chi connectivity index (χ2n) is 4.81. The maximum Gasteiger partial charge on any atom is 0.331 e. The number of aliphatic carboxylic acids is 1. The second-order valence-corrected chi connectivity index (χ2v) is 4.81. The molecular formula is C11H19N3O4. The summed E-state index contributed by atoms with van der Waals surface area (Å²) in [5.41, 5.74) is 2.80. The number of hydrogen-bond donors (Lipinski definition) is 2. The Balaban J connectivity index is 1.71. The molecule has 2 fully saturated rings. The molecule has 18 heavy (non-hydrogen) atoms. The van der Waals surface area contributed by atoms with E-state index in [2.05, 4.69) is 5.43 Å². The minimum absolute atomic E-state index is 0.0675.